The quantitative estimate of drug-likeness (QED) is 0.137. The predicted octanol–water partition coefficient (Wildman–Crippen LogP) is 17.9. The van der Waals surface area contributed by atoms with Crippen LogP contribution in [0.1, 0.15) is 265 Å². The van der Waals surface area contributed by atoms with Gasteiger partial charge in [-0.15, -0.1) is 0 Å². The van der Waals surface area contributed by atoms with Gasteiger partial charge in [0.2, 0.25) is 0 Å². The third-order valence-electron chi connectivity index (χ3n) is 17.5. The Morgan fingerprint density at radius 3 is 0.898 bits per heavy atom. The largest absolute Gasteiger partial charge is 0.198 e. The average Bonchev–Trinajstić information content (AvgIpc) is 3.30. The van der Waals surface area contributed by atoms with Gasteiger partial charge in [-0.2, -0.15) is 15.8 Å². The maximum Gasteiger partial charge on any atom is 0.0655 e. The van der Waals surface area contributed by atoms with Gasteiger partial charge in [0.05, 0.1) is 18.2 Å². The van der Waals surface area contributed by atoms with E-state index in [0.29, 0.717) is 17.8 Å². The first-order valence-corrected chi connectivity index (χ1v) is 27.2. The zero-order chi connectivity index (χ0) is 41.9. The van der Waals surface area contributed by atoms with Crippen molar-refractivity contribution in [1.29, 1.82) is 15.8 Å². The van der Waals surface area contributed by atoms with Crippen LogP contribution in [0.2, 0.25) is 0 Å². The zero-order valence-corrected chi connectivity index (χ0v) is 39.6. The van der Waals surface area contributed by atoms with Gasteiger partial charge < -0.3 is 0 Å². The molecule has 0 aromatic carbocycles. The van der Waals surface area contributed by atoms with E-state index in [1.165, 1.54) is 244 Å². The van der Waals surface area contributed by atoms with Gasteiger partial charge in [0.1, 0.15) is 0 Å². The van der Waals surface area contributed by atoms with Crippen molar-refractivity contribution in [3.05, 3.63) is 0 Å². The van der Waals surface area contributed by atoms with Gasteiger partial charge >= 0.3 is 0 Å². The zero-order valence-electron chi connectivity index (χ0n) is 39.6. The predicted molar refractivity (Wildman–Crippen MR) is 251 cm³/mol. The molecular weight excluding hydrogens is 715 g/mol. The fraction of sp³-hybridized carbons (Fsp3) is 0.946. The monoisotopic (exact) mass is 812 g/mol. The molecule has 3 heteroatoms. The van der Waals surface area contributed by atoms with E-state index in [2.05, 4.69) is 39.0 Å². The molecule has 0 aromatic heterocycles. The molecule has 336 valence electrons. The molecule has 6 saturated carbocycles. The number of nitrogens with zero attached hydrogens (tertiary/aromatic N) is 3. The van der Waals surface area contributed by atoms with E-state index < -0.39 is 0 Å². The van der Waals surface area contributed by atoms with Gasteiger partial charge in [0.25, 0.3) is 0 Å². The van der Waals surface area contributed by atoms with Crippen LogP contribution in [0.15, 0.2) is 0 Å². The Morgan fingerprint density at radius 2 is 0.593 bits per heavy atom. The Balaban J connectivity index is 0.000000196. The second kappa shape index (κ2) is 30.5. The van der Waals surface area contributed by atoms with Crippen molar-refractivity contribution in [2.75, 3.05) is 0 Å². The van der Waals surface area contributed by atoms with Crippen LogP contribution in [0, 0.1) is 105 Å². The topological polar surface area (TPSA) is 71.4 Å². The van der Waals surface area contributed by atoms with Crippen molar-refractivity contribution in [2.45, 2.75) is 265 Å². The first kappa shape index (κ1) is 50.1. The molecule has 0 N–H and O–H groups in total. The van der Waals surface area contributed by atoms with E-state index in [9.17, 15) is 0 Å². The number of rotatable bonds is 17. The van der Waals surface area contributed by atoms with Gasteiger partial charge in [-0.05, 0) is 130 Å². The van der Waals surface area contributed by atoms with Crippen LogP contribution in [0.3, 0.4) is 0 Å². The summed E-state index contributed by atoms with van der Waals surface area (Å²) >= 11 is 0. The number of nitriles is 3. The van der Waals surface area contributed by atoms with E-state index in [4.69, 9.17) is 15.8 Å². The lowest BCUT2D eigenvalue weighted by Crippen LogP contribution is -2.26. The summed E-state index contributed by atoms with van der Waals surface area (Å²) in [6.07, 6.45) is 52.9. The molecule has 6 rings (SSSR count). The number of hydrogen-bond donors (Lipinski definition) is 0. The molecule has 0 aliphatic heterocycles. The van der Waals surface area contributed by atoms with Crippen molar-refractivity contribution in [3.8, 4) is 18.2 Å². The highest BCUT2D eigenvalue weighted by atomic mass is 14.4. The summed E-state index contributed by atoms with van der Waals surface area (Å²) in [4.78, 5) is 0. The fourth-order valence-electron chi connectivity index (χ4n) is 13.6. The molecule has 0 aromatic rings. The lowest BCUT2D eigenvalue weighted by atomic mass is 9.68. The smallest absolute Gasteiger partial charge is 0.0655 e. The third-order valence-corrected chi connectivity index (χ3v) is 17.5. The van der Waals surface area contributed by atoms with Crippen molar-refractivity contribution in [3.63, 3.8) is 0 Å². The van der Waals surface area contributed by atoms with Crippen molar-refractivity contribution in [2.24, 2.45) is 71.0 Å². The Hall–Kier alpha value is -1.53. The molecule has 6 aliphatic carbocycles. The molecule has 0 bridgehead atoms. The average molecular weight is 812 g/mol. The van der Waals surface area contributed by atoms with Crippen molar-refractivity contribution in [1.82, 2.24) is 0 Å². The summed E-state index contributed by atoms with van der Waals surface area (Å²) in [5, 5.41) is 27.4. The second-order valence-electron chi connectivity index (χ2n) is 21.8. The summed E-state index contributed by atoms with van der Waals surface area (Å²) in [6.45, 7) is 6.89. The van der Waals surface area contributed by atoms with Crippen LogP contribution in [-0.2, 0) is 0 Å². The molecular formula is C56H97N3. The standard InChI is InChI=1S/C20H35N.C19H33N.C17H29N/c1-2-3-4-5-6-8-17-11-13-19(14-12-17)20-10-7-9-18(15-20)16-21;1-2-3-4-5-7-16-10-12-18(13-11-16)19-9-6-8-17(14-19)15-20;1-2-3-5-14-8-10-16(11-9-14)17-7-4-6-15(12-17)13-18/h17-20H,2-15H2,1H3;16-19H,2-14H2,1H3;14-17H,2-12H2,1H3/t17-,18?,19-,20?;16-,17?,18-,19?;14-,15?,16-,17?. The van der Waals surface area contributed by atoms with Crippen LogP contribution in [0.5, 0.6) is 0 Å². The summed E-state index contributed by atoms with van der Waals surface area (Å²) in [5.41, 5.74) is 0. The molecule has 0 amide bonds. The number of hydrogen-bond acceptors (Lipinski definition) is 3. The van der Waals surface area contributed by atoms with Gasteiger partial charge in [0, 0.05) is 17.8 Å². The van der Waals surface area contributed by atoms with Gasteiger partial charge in [-0.3, -0.25) is 0 Å². The van der Waals surface area contributed by atoms with E-state index >= 15 is 0 Å². The molecule has 6 fully saturated rings. The molecule has 6 atom stereocenters. The lowest BCUT2D eigenvalue weighted by Gasteiger charge is -2.37. The lowest BCUT2D eigenvalue weighted by molar-refractivity contribution is 0.149. The van der Waals surface area contributed by atoms with Gasteiger partial charge in [-0.1, -0.05) is 188 Å². The summed E-state index contributed by atoms with van der Waals surface area (Å²) in [7, 11) is 0. The Labute approximate surface area is 368 Å². The molecule has 0 spiro atoms. The van der Waals surface area contributed by atoms with Crippen LogP contribution < -0.4 is 0 Å². The first-order valence-electron chi connectivity index (χ1n) is 27.2. The van der Waals surface area contributed by atoms with Crippen molar-refractivity contribution < 1.29 is 0 Å². The van der Waals surface area contributed by atoms with E-state index in [0.717, 1.165) is 53.3 Å². The summed E-state index contributed by atoms with van der Waals surface area (Å²) in [5.74, 6) is 9.73. The van der Waals surface area contributed by atoms with E-state index in [1.54, 1.807) is 0 Å². The molecule has 0 radical (unpaired) electrons. The first-order chi connectivity index (χ1) is 29.0. The molecule has 3 nitrogen and oxygen atoms in total. The van der Waals surface area contributed by atoms with Crippen LogP contribution in [-0.4, -0.2) is 0 Å². The number of unbranched alkanes of at least 4 members (excludes halogenated alkanes) is 8. The fourth-order valence-corrected chi connectivity index (χ4v) is 13.6. The van der Waals surface area contributed by atoms with E-state index in [-0.39, 0.29) is 0 Å². The van der Waals surface area contributed by atoms with Crippen LogP contribution in [0.4, 0.5) is 0 Å². The highest BCUT2D eigenvalue weighted by molar-refractivity contribution is 4.93. The Bertz CT molecular complexity index is 1160. The minimum Gasteiger partial charge on any atom is -0.198 e. The summed E-state index contributed by atoms with van der Waals surface area (Å²) < 4.78 is 0. The molecule has 6 aliphatic rings. The molecule has 0 saturated heterocycles. The Morgan fingerprint density at radius 1 is 0.305 bits per heavy atom. The maximum atomic E-state index is 9.16. The highest BCUT2D eigenvalue weighted by Crippen LogP contribution is 2.45. The minimum atomic E-state index is 0.375. The third kappa shape index (κ3) is 19.2. The minimum absolute atomic E-state index is 0.375. The second-order valence-corrected chi connectivity index (χ2v) is 21.8. The Kier molecular flexibility index (Phi) is 25.9. The molecule has 6 unspecified atom stereocenters. The highest BCUT2D eigenvalue weighted by Gasteiger charge is 2.34. The van der Waals surface area contributed by atoms with Crippen molar-refractivity contribution >= 4 is 0 Å². The normalized spacial score (nSPS) is 35.0. The van der Waals surface area contributed by atoms with Crippen LogP contribution in [0.25, 0.3) is 0 Å². The molecule has 59 heavy (non-hydrogen) atoms. The van der Waals surface area contributed by atoms with Gasteiger partial charge in [0.15, 0.2) is 0 Å². The maximum absolute atomic E-state index is 9.16. The van der Waals surface area contributed by atoms with Crippen LogP contribution >= 0.6 is 0 Å². The van der Waals surface area contributed by atoms with Gasteiger partial charge in [-0.25, -0.2) is 0 Å². The molecule has 0 heterocycles. The van der Waals surface area contributed by atoms with E-state index in [1.807, 2.05) is 0 Å². The SMILES string of the molecule is CCCCCCC[C@H]1CC[C@H](C2CCCC(C#N)C2)CC1.CCCCCC[C@H]1CC[C@H](C2CCCC(C#N)C2)CC1.CCCC[C@H]1CC[C@H](C2CCCC(C#N)C2)CC1. The summed E-state index contributed by atoms with van der Waals surface area (Å²) in [6, 6.07) is 7.56.